The summed E-state index contributed by atoms with van der Waals surface area (Å²) in [5, 5.41) is 11.4. The third-order valence-corrected chi connectivity index (χ3v) is 6.68. The van der Waals surface area contributed by atoms with E-state index in [1.54, 1.807) is 0 Å². The summed E-state index contributed by atoms with van der Waals surface area (Å²) in [5.74, 6) is -1.16. The highest BCUT2D eigenvalue weighted by atomic mass is 28.3. The molecule has 1 N–H and O–H groups in total. The highest BCUT2D eigenvalue weighted by molar-refractivity contribution is 6.88. The number of halogens is 3. The first kappa shape index (κ1) is 19.2. The Balaban J connectivity index is 2.21. The minimum atomic E-state index is -4.49. The second-order valence-corrected chi connectivity index (χ2v) is 12.7. The molecule has 0 fully saturated rings. The molecular weight excluding hydrogens is 371 g/mol. The fourth-order valence-electron chi connectivity index (χ4n) is 3.17. The largest absolute Gasteiger partial charge is 0.477 e. The van der Waals surface area contributed by atoms with Crippen molar-refractivity contribution in [2.45, 2.75) is 32.4 Å². The van der Waals surface area contributed by atoms with Crippen molar-refractivity contribution < 1.29 is 23.1 Å². The molecule has 0 bridgehead atoms. The molecule has 0 atom stereocenters. The number of nitrogens with zero attached hydrogens (tertiary/aromatic N) is 1. The molecule has 3 aromatic rings. The van der Waals surface area contributed by atoms with Crippen LogP contribution in [0, 0.1) is 0 Å². The molecule has 3 nitrogen and oxygen atoms in total. The Morgan fingerprint density at radius 3 is 2.33 bits per heavy atom. The summed E-state index contributed by atoms with van der Waals surface area (Å²) in [4.78, 5) is 11.7. The predicted octanol–water partition coefficient (Wildman–Crippen LogP) is 4.95. The van der Waals surface area contributed by atoms with Crippen molar-refractivity contribution in [3.63, 3.8) is 0 Å². The molecule has 0 amide bonds. The Kier molecular flexibility index (Phi) is 4.67. The van der Waals surface area contributed by atoms with Crippen molar-refractivity contribution in [1.29, 1.82) is 0 Å². The molecule has 0 spiro atoms. The minimum Gasteiger partial charge on any atom is -0.477 e. The van der Waals surface area contributed by atoms with Gasteiger partial charge in [0, 0.05) is 17.4 Å². The van der Waals surface area contributed by atoms with Crippen molar-refractivity contribution in [2.75, 3.05) is 0 Å². The van der Waals surface area contributed by atoms with E-state index in [2.05, 4.69) is 19.6 Å². The van der Waals surface area contributed by atoms with Gasteiger partial charge in [0.1, 0.15) is 5.69 Å². The van der Waals surface area contributed by atoms with Crippen LogP contribution in [0.2, 0.25) is 19.6 Å². The van der Waals surface area contributed by atoms with Crippen molar-refractivity contribution in [2.24, 2.45) is 0 Å². The molecule has 0 radical (unpaired) electrons. The summed E-state index contributed by atoms with van der Waals surface area (Å²) in [5.41, 5.74) is -0.0769. The van der Waals surface area contributed by atoms with E-state index in [-0.39, 0.29) is 17.8 Å². The van der Waals surface area contributed by atoms with E-state index in [1.807, 2.05) is 18.2 Å². The summed E-state index contributed by atoms with van der Waals surface area (Å²) in [7, 11) is -1.67. The maximum absolute atomic E-state index is 13.4. The van der Waals surface area contributed by atoms with Gasteiger partial charge in [-0.05, 0) is 23.8 Å². The molecule has 142 valence electrons. The Bertz CT molecular complexity index is 1020. The zero-order chi connectivity index (χ0) is 20.0. The van der Waals surface area contributed by atoms with Crippen molar-refractivity contribution in [3.8, 4) is 0 Å². The summed E-state index contributed by atoms with van der Waals surface area (Å²) in [6, 6.07) is 12.5. The first-order valence-corrected chi connectivity index (χ1v) is 12.0. The standard InChI is InChI=1S/C20H20F3NO2Si/c1-27(2,3)15-9-8-13-10-18(19(25)26)24(17(13)11-15)12-14-6-4-5-7-16(14)20(21,22)23/h4-11H,12H2,1-3H3,(H,25,26). The van der Waals surface area contributed by atoms with Crippen LogP contribution in [-0.4, -0.2) is 23.7 Å². The van der Waals surface area contributed by atoms with Crippen molar-refractivity contribution >= 4 is 30.1 Å². The first-order valence-electron chi connectivity index (χ1n) is 8.50. The quantitative estimate of drug-likeness (QED) is 0.640. The monoisotopic (exact) mass is 391 g/mol. The van der Waals surface area contributed by atoms with Crippen LogP contribution in [0.3, 0.4) is 0 Å². The van der Waals surface area contributed by atoms with Crippen LogP contribution in [0.15, 0.2) is 48.5 Å². The van der Waals surface area contributed by atoms with Gasteiger partial charge in [-0.2, -0.15) is 13.2 Å². The van der Waals surface area contributed by atoms with Gasteiger partial charge in [-0.3, -0.25) is 0 Å². The lowest BCUT2D eigenvalue weighted by Crippen LogP contribution is -2.37. The Morgan fingerprint density at radius 1 is 1.07 bits per heavy atom. The van der Waals surface area contributed by atoms with Crippen LogP contribution in [0.1, 0.15) is 21.6 Å². The van der Waals surface area contributed by atoms with Gasteiger partial charge in [0.15, 0.2) is 0 Å². The highest BCUT2D eigenvalue weighted by Crippen LogP contribution is 2.33. The molecule has 0 unspecified atom stereocenters. The van der Waals surface area contributed by atoms with Crippen LogP contribution in [0.25, 0.3) is 10.9 Å². The van der Waals surface area contributed by atoms with Gasteiger partial charge >= 0.3 is 12.1 Å². The summed E-state index contributed by atoms with van der Waals surface area (Å²) < 4.78 is 41.5. The number of rotatable bonds is 4. The van der Waals surface area contributed by atoms with Crippen molar-refractivity contribution in [1.82, 2.24) is 4.57 Å². The molecule has 0 aliphatic rings. The topological polar surface area (TPSA) is 42.2 Å². The SMILES string of the molecule is C[Si](C)(C)c1ccc2cc(C(=O)O)n(Cc3ccccc3C(F)(F)F)c2c1. The van der Waals surface area contributed by atoms with Crippen LogP contribution in [0.4, 0.5) is 13.2 Å². The average molecular weight is 391 g/mol. The van der Waals surface area contributed by atoms with E-state index < -0.39 is 25.8 Å². The fraction of sp³-hybridized carbons (Fsp3) is 0.250. The van der Waals surface area contributed by atoms with E-state index in [0.717, 1.165) is 11.3 Å². The lowest BCUT2D eigenvalue weighted by Gasteiger charge is -2.18. The van der Waals surface area contributed by atoms with E-state index in [4.69, 9.17) is 0 Å². The third kappa shape index (κ3) is 3.78. The maximum atomic E-state index is 13.4. The molecule has 1 heterocycles. The molecule has 3 rings (SSSR count). The van der Waals surface area contributed by atoms with E-state index in [9.17, 15) is 23.1 Å². The van der Waals surface area contributed by atoms with Crippen LogP contribution >= 0.6 is 0 Å². The number of benzene rings is 2. The number of hydrogen-bond acceptors (Lipinski definition) is 1. The van der Waals surface area contributed by atoms with E-state index >= 15 is 0 Å². The molecule has 1 aromatic heterocycles. The van der Waals surface area contributed by atoms with E-state index in [1.165, 1.54) is 28.8 Å². The molecule has 0 saturated carbocycles. The van der Waals surface area contributed by atoms with Gasteiger partial charge in [-0.15, -0.1) is 0 Å². The summed E-state index contributed by atoms with van der Waals surface area (Å²) in [6.45, 7) is 6.34. The van der Waals surface area contributed by atoms with Gasteiger partial charge in [0.05, 0.1) is 13.6 Å². The van der Waals surface area contributed by atoms with Gasteiger partial charge in [0.25, 0.3) is 0 Å². The fourth-order valence-corrected chi connectivity index (χ4v) is 4.33. The molecule has 27 heavy (non-hydrogen) atoms. The zero-order valence-corrected chi connectivity index (χ0v) is 16.3. The Morgan fingerprint density at radius 2 is 1.74 bits per heavy atom. The normalized spacial score (nSPS) is 12.5. The molecule has 2 aromatic carbocycles. The second-order valence-electron chi connectivity index (χ2n) is 7.60. The number of carbonyl (C=O) groups is 1. The van der Waals surface area contributed by atoms with Crippen LogP contribution in [0.5, 0.6) is 0 Å². The lowest BCUT2D eigenvalue weighted by atomic mass is 10.1. The molecule has 0 saturated heterocycles. The Labute approximate surface area is 156 Å². The summed E-state index contributed by atoms with van der Waals surface area (Å²) in [6.07, 6.45) is -4.49. The molecule has 7 heteroatoms. The van der Waals surface area contributed by atoms with Gasteiger partial charge in [-0.25, -0.2) is 4.79 Å². The summed E-state index contributed by atoms with van der Waals surface area (Å²) >= 11 is 0. The number of fused-ring (bicyclic) bond motifs is 1. The first-order chi connectivity index (χ1) is 12.5. The third-order valence-electron chi connectivity index (χ3n) is 4.64. The van der Waals surface area contributed by atoms with Gasteiger partial charge in [-0.1, -0.05) is 55.2 Å². The smallest absolute Gasteiger partial charge is 0.416 e. The number of aromatic nitrogens is 1. The highest BCUT2D eigenvalue weighted by Gasteiger charge is 2.33. The molecule has 0 aliphatic carbocycles. The minimum absolute atomic E-state index is 0.0188. The Hall–Kier alpha value is -2.54. The van der Waals surface area contributed by atoms with Gasteiger partial charge in [0.2, 0.25) is 0 Å². The van der Waals surface area contributed by atoms with Crippen molar-refractivity contribution in [3.05, 3.63) is 65.4 Å². The number of hydrogen-bond donors (Lipinski definition) is 1. The molecular formula is C20H20F3NO2Si. The number of carboxylic acids is 1. The molecule has 0 aliphatic heterocycles. The van der Waals surface area contributed by atoms with Crippen LogP contribution < -0.4 is 5.19 Å². The lowest BCUT2D eigenvalue weighted by molar-refractivity contribution is -0.138. The number of aromatic carboxylic acids is 1. The number of alkyl halides is 3. The van der Waals surface area contributed by atoms with Gasteiger partial charge < -0.3 is 9.67 Å². The van der Waals surface area contributed by atoms with Crippen LogP contribution in [-0.2, 0) is 12.7 Å². The second kappa shape index (κ2) is 6.56. The van der Waals surface area contributed by atoms with E-state index in [0.29, 0.717) is 10.9 Å². The predicted molar refractivity (Wildman–Crippen MR) is 102 cm³/mol. The average Bonchev–Trinajstić information content (AvgIpc) is 2.92. The number of carboxylic acid groups (broad SMARTS) is 1. The maximum Gasteiger partial charge on any atom is 0.416 e. The zero-order valence-electron chi connectivity index (χ0n) is 15.3.